The summed E-state index contributed by atoms with van der Waals surface area (Å²) in [5.41, 5.74) is -0.593. The average Bonchev–Trinajstić information content (AvgIpc) is 2.72. The third kappa shape index (κ3) is 3.19. The van der Waals surface area contributed by atoms with Crippen molar-refractivity contribution in [2.45, 2.75) is 26.8 Å². The Morgan fingerprint density at radius 3 is 2.43 bits per heavy atom. The molecule has 2 aromatic rings. The molecule has 0 bridgehead atoms. The molecule has 0 fully saturated rings. The Hall–Kier alpha value is -1.59. The number of carboxylic acids is 1. The van der Waals surface area contributed by atoms with Crippen LogP contribution in [-0.4, -0.2) is 23.0 Å². The first-order valence-electron chi connectivity index (χ1n) is 6.42. The van der Waals surface area contributed by atoms with E-state index in [2.05, 4.69) is 5.32 Å². The summed E-state index contributed by atoms with van der Waals surface area (Å²) in [4.78, 5) is 24.0. The molecule has 112 valence electrons. The van der Waals surface area contributed by atoms with E-state index in [1.165, 1.54) is 11.3 Å². The maximum Gasteiger partial charge on any atom is 0.326 e. The van der Waals surface area contributed by atoms with Crippen molar-refractivity contribution in [3.8, 4) is 0 Å². The maximum absolute atomic E-state index is 12.3. The van der Waals surface area contributed by atoms with Crippen LogP contribution in [0.25, 0.3) is 10.1 Å². The summed E-state index contributed by atoms with van der Waals surface area (Å²) in [7, 11) is 0. The normalized spacial score (nSPS) is 13.1. The summed E-state index contributed by atoms with van der Waals surface area (Å²) in [6, 6.07) is 6.44. The van der Waals surface area contributed by atoms with Gasteiger partial charge in [0, 0.05) is 10.1 Å². The zero-order valence-electron chi connectivity index (χ0n) is 11.9. The van der Waals surface area contributed by atoms with E-state index < -0.39 is 23.3 Å². The predicted octanol–water partition coefficient (Wildman–Crippen LogP) is 3.78. The second-order valence-electron chi connectivity index (χ2n) is 5.85. The van der Waals surface area contributed by atoms with Crippen molar-refractivity contribution in [1.82, 2.24) is 5.32 Å². The Morgan fingerprint density at radius 1 is 1.29 bits per heavy atom. The van der Waals surface area contributed by atoms with E-state index in [0.717, 1.165) is 10.1 Å². The van der Waals surface area contributed by atoms with Crippen molar-refractivity contribution in [3.63, 3.8) is 0 Å². The van der Waals surface area contributed by atoms with Gasteiger partial charge in [0.05, 0.1) is 5.02 Å². The van der Waals surface area contributed by atoms with Crippen LogP contribution in [0.1, 0.15) is 30.4 Å². The maximum atomic E-state index is 12.3. The molecule has 0 aliphatic carbocycles. The zero-order valence-corrected chi connectivity index (χ0v) is 13.5. The molecule has 4 nitrogen and oxygen atoms in total. The largest absolute Gasteiger partial charge is 0.480 e. The molecule has 0 saturated heterocycles. The third-order valence-corrected chi connectivity index (χ3v) is 4.80. The summed E-state index contributed by atoms with van der Waals surface area (Å²) in [6.07, 6.45) is 0. The number of hydrogen-bond donors (Lipinski definition) is 2. The molecule has 1 unspecified atom stereocenters. The van der Waals surface area contributed by atoms with Crippen molar-refractivity contribution in [2.24, 2.45) is 5.41 Å². The van der Waals surface area contributed by atoms with Crippen LogP contribution in [0.2, 0.25) is 5.02 Å². The Balaban J connectivity index is 2.34. The summed E-state index contributed by atoms with van der Waals surface area (Å²) in [6.45, 7) is 5.29. The number of carbonyl (C=O) groups is 2. The fourth-order valence-corrected chi connectivity index (χ4v) is 3.43. The zero-order chi connectivity index (χ0) is 15.8. The second-order valence-corrected chi connectivity index (χ2v) is 7.28. The Bertz CT molecular complexity index is 702. The molecule has 21 heavy (non-hydrogen) atoms. The second kappa shape index (κ2) is 5.66. The number of benzene rings is 1. The molecule has 1 atom stereocenters. The van der Waals surface area contributed by atoms with Crippen LogP contribution in [0.3, 0.4) is 0 Å². The number of halogens is 1. The van der Waals surface area contributed by atoms with Gasteiger partial charge >= 0.3 is 5.97 Å². The van der Waals surface area contributed by atoms with Crippen LogP contribution < -0.4 is 5.32 Å². The van der Waals surface area contributed by atoms with Crippen LogP contribution in [0.15, 0.2) is 24.3 Å². The van der Waals surface area contributed by atoms with Gasteiger partial charge in [-0.2, -0.15) is 0 Å². The number of carbonyl (C=O) groups excluding carboxylic acids is 1. The molecule has 1 amide bonds. The lowest BCUT2D eigenvalue weighted by Gasteiger charge is -2.27. The van der Waals surface area contributed by atoms with Gasteiger partial charge in [0.2, 0.25) is 0 Å². The van der Waals surface area contributed by atoms with E-state index in [0.29, 0.717) is 9.90 Å². The minimum Gasteiger partial charge on any atom is -0.480 e. The molecule has 1 aromatic carbocycles. The van der Waals surface area contributed by atoms with Gasteiger partial charge in [-0.1, -0.05) is 50.6 Å². The highest BCUT2D eigenvalue weighted by molar-refractivity contribution is 7.21. The van der Waals surface area contributed by atoms with E-state index >= 15 is 0 Å². The van der Waals surface area contributed by atoms with Crippen LogP contribution in [0, 0.1) is 5.41 Å². The molecule has 0 aliphatic rings. The van der Waals surface area contributed by atoms with Crippen LogP contribution >= 0.6 is 22.9 Å². The standard InChI is InChI=1S/C15H16ClNO3S/c1-15(2,3)12(14(19)20)17-13(18)11-10(16)8-6-4-5-7-9(8)21-11/h4-7,12H,1-3H3,(H,17,18)(H,19,20). The Kier molecular flexibility index (Phi) is 4.25. The number of rotatable bonds is 3. The smallest absolute Gasteiger partial charge is 0.326 e. The number of carboxylic acid groups (broad SMARTS) is 1. The van der Waals surface area contributed by atoms with E-state index in [1.807, 2.05) is 24.3 Å². The minimum atomic E-state index is -1.06. The van der Waals surface area contributed by atoms with Crippen molar-refractivity contribution in [2.75, 3.05) is 0 Å². The summed E-state index contributed by atoms with van der Waals surface area (Å²) >= 11 is 7.49. The van der Waals surface area contributed by atoms with Gasteiger partial charge in [-0.3, -0.25) is 4.79 Å². The molecule has 2 N–H and O–H groups in total. The van der Waals surface area contributed by atoms with Crippen molar-refractivity contribution >= 4 is 44.9 Å². The van der Waals surface area contributed by atoms with Crippen molar-refractivity contribution < 1.29 is 14.7 Å². The third-order valence-electron chi connectivity index (χ3n) is 3.13. The predicted molar refractivity (Wildman–Crippen MR) is 85.2 cm³/mol. The first kappa shape index (κ1) is 15.8. The first-order valence-corrected chi connectivity index (χ1v) is 7.62. The Morgan fingerprint density at radius 2 is 1.90 bits per heavy atom. The number of thiophene rings is 1. The fraction of sp³-hybridized carbons (Fsp3) is 0.333. The number of nitrogens with one attached hydrogen (secondary N) is 1. The van der Waals surface area contributed by atoms with Gasteiger partial charge in [-0.25, -0.2) is 4.79 Å². The molecule has 1 heterocycles. The van der Waals surface area contributed by atoms with Gasteiger partial charge in [0.25, 0.3) is 5.91 Å². The summed E-state index contributed by atoms with van der Waals surface area (Å²) < 4.78 is 0.898. The van der Waals surface area contributed by atoms with Crippen LogP contribution in [-0.2, 0) is 4.79 Å². The van der Waals surface area contributed by atoms with Gasteiger partial charge in [-0.15, -0.1) is 11.3 Å². The monoisotopic (exact) mass is 325 g/mol. The van der Waals surface area contributed by atoms with Crippen molar-refractivity contribution in [3.05, 3.63) is 34.2 Å². The molecule has 0 spiro atoms. The lowest BCUT2D eigenvalue weighted by Crippen LogP contribution is -2.48. The van der Waals surface area contributed by atoms with Gasteiger partial charge in [0.15, 0.2) is 0 Å². The SMILES string of the molecule is CC(C)(C)C(NC(=O)c1sc2ccccc2c1Cl)C(=O)O. The number of aliphatic carboxylic acids is 1. The highest BCUT2D eigenvalue weighted by Crippen LogP contribution is 2.35. The molecular weight excluding hydrogens is 310 g/mol. The highest BCUT2D eigenvalue weighted by Gasteiger charge is 2.33. The fourth-order valence-electron chi connectivity index (χ4n) is 2.01. The molecule has 2 rings (SSSR count). The van der Waals surface area contributed by atoms with Crippen molar-refractivity contribution in [1.29, 1.82) is 0 Å². The number of amides is 1. The lowest BCUT2D eigenvalue weighted by molar-refractivity contribution is -0.142. The van der Waals surface area contributed by atoms with Gasteiger partial charge < -0.3 is 10.4 Å². The quantitative estimate of drug-likeness (QED) is 0.902. The number of fused-ring (bicyclic) bond motifs is 1. The molecule has 1 aromatic heterocycles. The molecule has 0 aliphatic heterocycles. The summed E-state index contributed by atoms with van der Waals surface area (Å²) in [5.74, 6) is -1.52. The molecule has 0 radical (unpaired) electrons. The average molecular weight is 326 g/mol. The first-order chi connectivity index (χ1) is 9.71. The topological polar surface area (TPSA) is 66.4 Å². The number of hydrogen-bond acceptors (Lipinski definition) is 3. The van der Waals surface area contributed by atoms with E-state index in [9.17, 15) is 14.7 Å². The molecular formula is C15H16ClNO3S. The Labute approximate surface area is 131 Å². The highest BCUT2D eigenvalue weighted by atomic mass is 35.5. The minimum absolute atomic E-state index is 0.341. The van der Waals surface area contributed by atoms with E-state index in [4.69, 9.17) is 11.6 Å². The van der Waals surface area contributed by atoms with E-state index in [1.54, 1.807) is 20.8 Å². The van der Waals surface area contributed by atoms with Gasteiger partial charge in [-0.05, 0) is 11.5 Å². The van der Waals surface area contributed by atoms with Gasteiger partial charge in [0.1, 0.15) is 10.9 Å². The van der Waals surface area contributed by atoms with E-state index in [-0.39, 0.29) is 0 Å². The molecule has 6 heteroatoms. The molecule has 0 saturated carbocycles. The van der Waals surface area contributed by atoms with Crippen LogP contribution in [0.4, 0.5) is 0 Å². The summed E-state index contributed by atoms with van der Waals surface area (Å²) in [5, 5.41) is 13.0. The lowest BCUT2D eigenvalue weighted by atomic mass is 9.87. The van der Waals surface area contributed by atoms with Crippen LogP contribution in [0.5, 0.6) is 0 Å².